The van der Waals surface area contributed by atoms with Crippen LogP contribution in [0.4, 0.5) is 5.82 Å². The van der Waals surface area contributed by atoms with Gasteiger partial charge in [0.1, 0.15) is 0 Å². The van der Waals surface area contributed by atoms with E-state index in [1.807, 2.05) is 30.3 Å². The summed E-state index contributed by atoms with van der Waals surface area (Å²) < 4.78 is 29.3. The van der Waals surface area contributed by atoms with Crippen LogP contribution in [0.25, 0.3) is 5.69 Å². The second-order valence-corrected chi connectivity index (χ2v) is 7.29. The van der Waals surface area contributed by atoms with Gasteiger partial charge in [-0.2, -0.15) is 18.6 Å². The first-order valence-corrected chi connectivity index (χ1v) is 9.16. The molecule has 2 heterocycles. The molecule has 0 atom stereocenters. The van der Waals surface area contributed by atoms with Crippen molar-refractivity contribution in [2.24, 2.45) is 0 Å². The zero-order valence-electron chi connectivity index (χ0n) is 12.8. The maximum atomic E-state index is 12.6. The van der Waals surface area contributed by atoms with Gasteiger partial charge in [0.2, 0.25) is 0 Å². The highest BCUT2D eigenvalue weighted by Crippen LogP contribution is 2.33. The monoisotopic (exact) mass is 344 g/mol. The van der Waals surface area contributed by atoms with E-state index in [1.54, 1.807) is 4.68 Å². The van der Waals surface area contributed by atoms with E-state index in [2.05, 4.69) is 20.0 Å². The number of nitrogens with zero attached hydrogens (tertiary/aromatic N) is 5. The molecule has 2 aromatic heterocycles. The predicted molar refractivity (Wildman–Crippen MR) is 87.3 cm³/mol. The second kappa shape index (κ2) is 5.75. The van der Waals surface area contributed by atoms with Crippen molar-refractivity contribution in [3.63, 3.8) is 0 Å². The summed E-state index contributed by atoms with van der Waals surface area (Å²) in [5.74, 6) is 0.167. The average molecular weight is 344 g/mol. The zero-order valence-corrected chi connectivity index (χ0v) is 13.6. The van der Waals surface area contributed by atoms with Crippen LogP contribution in [0, 0.1) is 0 Å². The Balaban J connectivity index is 1.59. The molecule has 1 N–H and O–H groups in total. The van der Waals surface area contributed by atoms with Gasteiger partial charge in [0, 0.05) is 0 Å². The van der Waals surface area contributed by atoms with Crippen LogP contribution in [0.3, 0.4) is 0 Å². The Morgan fingerprint density at radius 3 is 2.58 bits per heavy atom. The van der Waals surface area contributed by atoms with Gasteiger partial charge in [0.05, 0.1) is 24.1 Å². The summed E-state index contributed by atoms with van der Waals surface area (Å²) in [6, 6.07) is 10.9. The fourth-order valence-electron chi connectivity index (χ4n) is 2.61. The molecule has 0 saturated heterocycles. The summed E-state index contributed by atoms with van der Waals surface area (Å²) in [6.45, 7) is 0. The van der Waals surface area contributed by atoms with Gasteiger partial charge in [0.15, 0.2) is 10.8 Å². The third-order valence-corrected chi connectivity index (χ3v) is 5.40. The van der Waals surface area contributed by atoms with Crippen molar-refractivity contribution >= 4 is 15.8 Å². The number of hydrogen-bond acceptors (Lipinski definition) is 5. The molecule has 24 heavy (non-hydrogen) atoms. The molecule has 3 aromatic rings. The Morgan fingerprint density at radius 1 is 1.08 bits per heavy atom. The van der Waals surface area contributed by atoms with Crippen LogP contribution in [-0.4, -0.2) is 33.2 Å². The fraction of sp³-hybridized carbons (Fsp3) is 0.267. The molecule has 124 valence electrons. The number of sulfonamides is 1. The Labute approximate surface area is 139 Å². The minimum atomic E-state index is -3.76. The van der Waals surface area contributed by atoms with E-state index in [4.69, 9.17) is 0 Å². The molecular formula is C15H16N6O2S. The molecule has 1 aliphatic rings. The molecule has 8 nitrogen and oxygen atoms in total. The number of benzene rings is 1. The number of para-hydroxylation sites is 1. The normalized spacial score (nSPS) is 15.2. The number of aromatic nitrogens is 5. The summed E-state index contributed by atoms with van der Waals surface area (Å²) in [5, 5.41) is 12.6. The Kier molecular flexibility index (Phi) is 3.57. The molecule has 1 aromatic carbocycles. The van der Waals surface area contributed by atoms with Crippen LogP contribution in [0.2, 0.25) is 0 Å². The van der Waals surface area contributed by atoms with E-state index in [0.717, 1.165) is 24.9 Å². The third-order valence-electron chi connectivity index (χ3n) is 4.05. The molecule has 0 aliphatic heterocycles. The minimum absolute atomic E-state index is 0.154. The van der Waals surface area contributed by atoms with Gasteiger partial charge in [-0.15, -0.1) is 9.90 Å². The highest BCUT2D eigenvalue weighted by atomic mass is 32.2. The first kappa shape index (κ1) is 14.9. The highest BCUT2D eigenvalue weighted by Gasteiger charge is 2.28. The van der Waals surface area contributed by atoms with E-state index in [-0.39, 0.29) is 16.9 Å². The second-order valence-electron chi connectivity index (χ2n) is 5.66. The van der Waals surface area contributed by atoms with Crippen LogP contribution in [0.1, 0.15) is 25.3 Å². The van der Waals surface area contributed by atoms with Crippen molar-refractivity contribution in [2.45, 2.75) is 30.3 Å². The number of hydrogen-bond donors (Lipinski definition) is 1. The van der Waals surface area contributed by atoms with Gasteiger partial charge < -0.3 is 0 Å². The molecule has 1 aliphatic carbocycles. The fourth-order valence-corrected chi connectivity index (χ4v) is 3.76. The lowest BCUT2D eigenvalue weighted by molar-refractivity contribution is 0.271. The summed E-state index contributed by atoms with van der Waals surface area (Å²) in [6.07, 6.45) is 5.90. The first-order valence-electron chi connectivity index (χ1n) is 7.67. The van der Waals surface area contributed by atoms with E-state index in [9.17, 15) is 8.42 Å². The molecule has 0 bridgehead atoms. The first-order chi connectivity index (χ1) is 11.6. The number of rotatable bonds is 5. The zero-order chi connectivity index (χ0) is 16.6. The smallest absolute Gasteiger partial charge is 0.259 e. The quantitative estimate of drug-likeness (QED) is 0.764. The minimum Gasteiger partial charge on any atom is -0.259 e. The number of nitrogens with one attached hydrogen (secondary N) is 1. The number of anilines is 1. The molecule has 0 amide bonds. The van der Waals surface area contributed by atoms with Crippen molar-refractivity contribution in [3.05, 3.63) is 48.8 Å². The topological polar surface area (TPSA) is 94.7 Å². The van der Waals surface area contributed by atoms with E-state index in [0.29, 0.717) is 0 Å². The Morgan fingerprint density at radius 2 is 1.88 bits per heavy atom. The van der Waals surface area contributed by atoms with Gasteiger partial charge in [-0.3, -0.25) is 4.72 Å². The van der Waals surface area contributed by atoms with Crippen molar-refractivity contribution in [3.8, 4) is 5.69 Å². The molecule has 1 fully saturated rings. The van der Waals surface area contributed by atoms with E-state index in [1.165, 1.54) is 23.3 Å². The Hall–Kier alpha value is -2.68. The molecule has 9 heteroatoms. The molecule has 1 saturated carbocycles. The molecule has 4 rings (SSSR count). The lowest BCUT2D eigenvalue weighted by Crippen LogP contribution is -2.24. The molecular weight excluding hydrogens is 328 g/mol. The largest absolute Gasteiger partial charge is 0.280 e. The van der Waals surface area contributed by atoms with E-state index < -0.39 is 10.0 Å². The standard InChI is InChI=1S/C15H16N6O2S/c22-24(23,15-9-10-16-20(15)12-7-4-8-12)19-14-11-17-21(18-14)13-5-2-1-3-6-13/h1-3,5-6,9-12H,4,7-8H2,(H,18,19). The van der Waals surface area contributed by atoms with Crippen LogP contribution in [0.5, 0.6) is 0 Å². The Bertz CT molecular complexity index is 943. The van der Waals surface area contributed by atoms with E-state index >= 15 is 0 Å². The molecule has 0 radical (unpaired) electrons. The van der Waals surface area contributed by atoms with Crippen molar-refractivity contribution < 1.29 is 8.42 Å². The highest BCUT2D eigenvalue weighted by molar-refractivity contribution is 7.92. The van der Waals surface area contributed by atoms with Crippen LogP contribution >= 0.6 is 0 Å². The van der Waals surface area contributed by atoms with Crippen LogP contribution < -0.4 is 4.72 Å². The average Bonchev–Trinajstić information content (AvgIpc) is 3.16. The van der Waals surface area contributed by atoms with Crippen molar-refractivity contribution in [1.82, 2.24) is 24.8 Å². The van der Waals surface area contributed by atoms with Gasteiger partial charge in [-0.1, -0.05) is 18.2 Å². The van der Waals surface area contributed by atoms with Crippen LogP contribution in [0.15, 0.2) is 53.8 Å². The van der Waals surface area contributed by atoms with Crippen molar-refractivity contribution in [1.29, 1.82) is 0 Å². The summed E-state index contributed by atoms with van der Waals surface area (Å²) >= 11 is 0. The summed E-state index contributed by atoms with van der Waals surface area (Å²) in [4.78, 5) is 1.38. The third kappa shape index (κ3) is 2.67. The van der Waals surface area contributed by atoms with Gasteiger partial charge in [0.25, 0.3) is 10.0 Å². The lowest BCUT2D eigenvalue weighted by Gasteiger charge is -2.27. The maximum absolute atomic E-state index is 12.6. The predicted octanol–water partition coefficient (Wildman–Crippen LogP) is 1.99. The maximum Gasteiger partial charge on any atom is 0.280 e. The lowest BCUT2D eigenvalue weighted by atomic mass is 9.93. The molecule has 0 spiro atoms. The van der Waals surface area contributed by atoms with Crippen molar-refractivity contribution in [2.75, 3.05) is 4.72 Å². The summed E-state index contributed by atoms with van der Waals surface area (Å²) in [7, 11) is -3.76. The van der Waals surface area contributed by atoms with Gasteiger partial charge >= 0.3 is 0 Å². The van der Waals surface area contributed by atoms with Gasteiger partial charge in [-0.05, 0) is 37.5 Å². The molecule has 0 unspecified atom stereocenters. The summed E-state index contributed by atoms with van der Waals surface area (Å²) in [5.41, 5.74) is 0.752. The van der Waals surface area contributed by atoms with Gasteiger partial charge in [-0.25, -0.2) is 4.68 Å². The SMILES string of the molecule is O=S(=O)(Nc1cnn(-c2ccccc2)n1)c1ccnn1C1CCC1. The van der Waals surface area contributed by atoms with Crippen LogP contribution in [-0.2, 0) is 10.0 Å².